The number of piperidine rings is 1. The monoisotopic (exact) mass is 412 g/mol. The normalized spacial score (nSPS) is 19.3. The fourth-order valence-electron chi connectivity index (χ4n) is 4.76. The van der Waals surface area contributed by atoms with E-state index in [0.717, 1.165) is 48.4 Å². The summed E-state index contributed by atoms with van der Waals surface area (Å²) in [5.74, 6) is 0.253. The van der Waals surface area contributed by atoms with Crippen LogP contribution in [0.1, 0.15) is 47.9 Å². The Morgan fingerprint density at radius 3 is 2.30 bits per heavy atom. The molecule has 162 valence electrons. The Labute approximate surface area is 177 Å². The van der Waals surface area contributed by atoms with Crippen LogP contribution in [0.5, 0.6) is 0 Å². The van der Waals surface area contributed by atoms with Gasteiger partial charge in [0.25, 0.3) is 5.91 Å². The maximum absolute atomic E-state index is 13.4. The van der Waals surface area contributed by atoms with Crippen LogP contribution in [-0.2, 0) is 11.8 Å². The smallest absolute Gasteiger partial charge is 0.254 e. The van der Waals surface area contributed by atoms with Crippen molar-refractivity contribution in [2.24, 2.45) is 7.05 Å². The van der Waals surface area contributed by atoms with E-state index in [1.165, 1.54) is 6.42 Å². The van der Waals surface area contributed by atoms with E-state index in [1.54, 1.807) is 4.68 Å². The molecule has 2 amide bonds. The summed E-state index contributed by atoms with van der Waals surface area (Å²) >= 11 is 0. The highest BCUT2D eigenvalue weighted by atomic mass is 16.2. The molecule has 30 heavy (non-hydrogen) atoms. The zero-order valence-corrected chi connectivity index (χ0v) is 18.5. The molecule has 2 saturated heterocycles. The molecule has 0 N–H and O–H groups in total. The predicted octanol–water partition coefficient (Wildman–Crippen LogP) is 1.74. The van der Waals surface area contributed by atoms with Crippen molar-refractivity contribution in [2.45, 2.75) is 46.1 Å². The van der Waals surface area contributed by atoms with Crippen LogP contribution in [0.3, 0.4) is 0 Å². The van der Waals surface area contributed by atoms with Crippen LogP contribution in [0.25, 0.3) is 11.0 Å². The van der Waals surface area contributed by atoms with Gasteiger partial charge < -0.3 is 9.80 Å². The molecule has 1 unspecified atom stereocenters. The Morgan fingerprint density at radius 1 is 0.967 bits per heavy atom. The maximum Gasteiger partial charge on any atom is 0.254 e. The Morgan fingerprint density at radius 2 is 1.63 bits per heavy atom. The number of fused-ring (bicyclic) bond motifs is 1. The molecule has 4 rings (SSSR count). The molecule has 0 aliphatic carbocycles. The molecular formula is C22H32N6O2. The number of hydrogen-bond donors (Lipinski definition) is 0. The summed E-state index contributed by atoms with van der Waals surface area (Å²) in [5.41, 5.74) is 3.06. The van der Waals surface area contributed by atoms with Crippen molar-refractivity contribution >= 4 is 22.8 Å². The largest absolute Gasteiger partial charge is 0.341 e. The number of hydrogen-bond acceptors (Lipinski definition) is 5. The standard InChI is InChI=1S/C22H32N6O2/c1-15-14-18(19-16(2)24-25(4)20(19)23-15)22(30)28-12-10-26(11-13-28)17(3)21(29)27-8-6-5-7-9-27/h14,17H,5-13H2,1-4H3. The number of amides is 2. The van der Waals surface area contributed by atoms with E-state index in [4.69, 9.17) is 0 Å². The first-order chi connectivity index (χ1) is 14.4. The van der Waals surface area contributed by atoms with Crippen LogP contribution < -0.4 is 0 Å². The Balaban J connectivity index is 1.45. The van der Waals surface area contributed by atoms with Gasteiger partial charge >= 0.3 is 0 Å². The first kappa shape index (κ1) is 20.8. The van der Waals surface area contributed by atoms with E-state index < -0.39 is 0 Å². The third-order valence-corrected chi connectivity index (χ3v) is 6.50. The van der Waals surface area contributed by atoms with Crippen LogP contribution in [0.2, 0.25) is 0 Å². The zero-order chi connectivity index (χ0) is 21.4. The van der Waals surface area contributed by atoms with Crippen molar-refractivity contribution in [3.05, 3.63) is 23.0 Å². The first-order valence-corrected chi connectivity index (χ1v) is 11.0. The summed E-state index contributed by atoms with van der Waals surface area (Å²) in [6, 6.07) is 1.74. The maximum atomic E-state index is 13.4. The van der Waals surface area contributed by atoms with Crippen molar-refractivity contribution in [3.63, 3.8) is 0 Å². The van der Waals surface area contributed by atoms with Crippen molar-refractivity contribution in [1.29, 1.82) is 0 Å². The Kier molecular flexibility index (Phi) is 5.77. The van der Waals surface area contributed by atoms with Crippen LogP contribution in [0.4, 0.5) is 0 Å². The summed E-state index contributed by atoms with van der Waals surface area (Å²) in [4.78, 5) is 36.9. The highest BCUT2D eigenvalue weighted by molar-refractivity contribution is 6.06. The molecule has 8 nitrogen and oxygen atoms in total. The molecular weight excluding hydrogens is 380 g/mol. The lowest BCUT2D eigenvalue weighted by Crippen LogP contribution is -2.56. The first-order valence-electron chi connectivity index (χ1n) is 11.0. The fourth-order valence-corrected chi connectivity index (χ4v) is 4.76. The Bertz CT molecular complexity index is 954. The van der Waals surface area contributed by atoms with Gasteiger partial charge in [-0.2, -0.15) is 5.10 Å². The number of aromatic nitrogens is 3. The summed E-state index contributed by atoms with van der Waals surface area (Å²) in [6.45, 7) is 10.3. The predicted molar refractivity (Wildman–Crippen MR) is 115 cm³/mol. The van der Waals surface area contributed by atoms with Crippen LogP contribution in [0.15, 0.2) is 6.07 Å². The second kappa shape index (κ2) is 8.34. The molecule has 2 fully saturated rings. The summed E-state index contributed by atoms with van der Waals surface area (Å²) in [7, 11) is 1.86. The van der Waals surface area contributed by atoms with E-state index in [2.05, 4.69) is 15.0 Å². The van der Waals surface area contributed by atoms with Gasteiger partial charge in [0.2, 0.25) is 5.91 Å². The molecule has 0 spiro atoms. The van der Waals surface area contributed by atoms with Crippen molar-refractivity contribution in [3.8, 4) is 0 Å². The molecule has 1 atom stereocenters. The number of pyridine rings is 1. The van der Waals surface area contributed by atoms with Gasteiger partial charge in [0, 0.05) is 52.0 Å². The number of aryl methyl sites for hydroxylation is 3. The molecule has 8 heteroatoms. The van der Waals surface area contributed by atoms with Gasteiger partial charge in [-0.1, -0.05) is 0 Å². The lowest BCUT2D eigenvalue weighted by molar-refractivity contribution is -0.137. The van der Waals surface area contributed by atoms with Gasteiger partial charge in [0.05, 0.1) is 22.7 Å². The number of piperazine rings is 1. The van der Waals surface area contributed by atoms with Crippen molar-refractivity contribution in [1.82, 2.24) is 29.5 Å². The lowest BCUT2D eigenvalue weighted by Gasteiger charge is -2.39. The van der Waals surface area contributed by atoms with Gasteiger partial charge in [0.1, 0.15) is 0 Å². The van der Waals surface area contributed by atoms with E-state index >= 15 is 0 Å². The highest BCUT2D eigenvalue weighted by Gasteiger charge is 2.31. The molecule has 2 aromatic heterocycles. The van der Waals surface area contributed by atoms with E-state index in [-0.39, 0.29) is 17.9 Å². The minimum Gasteiger partial charge on any atom is -0.341 e. The van der Waals surface area contributed by atoms with Gasteiger partial charge in [-0.15, -0.1) is 0 Å². The molecule has 2 aliphatic heterocycles. The summed E-state index contributed by atoms with van der Waals surface area (Å²) in [6.07, 6.45) is 3.43. The molecule has 2 aliphatic rings. The average Bonchev–Trinajstić information content (AvgIpc) is 3.05. The van der Waals surface area contributed by atoms with Gasteiger partial charge in [-0.05, 0) is 46.1 Å². The highest BCUT2D eigenvalue weighted by Crippen LogP contribution is 2.24. The van der Waals surface area contributed by atoms with E-state index in [0.29, 0.717) is 31.7 Å². The van der Waals surface area contributed by atoms with Gasteiger partial charge in [0.15, 0.2) is 5.65 Å². The van der Waals surface area contributed by atoms with Crippen LogP contribution in [-0.4, -0.2) is 86.6 Å². The minimum atomic E-state index is -0.129. The molecule has 4 heterocycles. The quantitative estimate of drug-likeness (QED) is 0.768. The summed E-state index contributed by atoms with van der Waals surface area (Å²) in [5, 5.41) is 5.29. The third kappa shape index (κ3) is 3.80. The minimum absolute atomic E-state index is 0.0243. The molecule has 0 aromatic carbocycles. The van der Waals surface area contributed by atoms with Crippen molar-refractivity contribution in [2.75, 3.05) is 39.3 Å². The molecule has 0 bridgehead atoms. The zero-order valence-electron chi connectivity index (χ0n) is 18.5. The molecule has 0 radical (unpaired) electrons. The van der Waals surface area contributed by atoms with Crippen molar-refractivity contribution < 1.29 is 9.59 Å². The second-order valence-corrected chi connectivity index (χ2v) is 8.61. The third-order valence-electron chi connectivity index (χ3n) is 6.50. The number of likely N-dealkylation sites (tertiary alicyclic amines) is 1. The van der Waals surface area contributed by atoms with Crippen LogP contribution in [0, 0.1) is 13.8 Å². The number of carbonyl (C=O) groups is 2. The fraction of sp³-hybridized carbons (Fsp3) is 0.636. The molecule has 2 aromatic rings. The SMILES string of the molecule is Cc1cc(C(=O)N2CCN(C(C)C(=O)N3CCCCC3)CC2)c2c(C)nn(C)c2n1. The van der Waals surface area contributed by atoms with E-state index in [1.807, 2.05) is 43.7 Å². The van der Waals surface area contributed by atoms with Gasteiger partial charge in [-0.25, -0.2) is 4.98 Å². The molecule has 0 saturated carbocycles. The number of carbonyl (C=O) groups excluding carboxylic acids is 2. The Hall–Kier alpha value is -2.48. The number of nitrogens with zero attached hydrogens (tertiary/aromatic N) is 6. The number of rotatable bonds is 3. The topological polar surface area (TPSA) is 74.6 Å². The average molecular weight is 413 g/mol. The van der Waals surface area contributed by atoms with Gasteiger partial charge in [-0.3, -0.25) is 19.2 Å². The summed E-state index contributed by atoms with van der Waals surface area (Å²) < 4.78 is 1.74. The van der Waals surface area contributed by atoms with E-state index in [9.17, 15) is 9.59 Å². The lowest BCUT2D eigenvalue weighted by atomic mass is 10.1. The second-order valence-electron chi connectivity index (χ2n) is 8.61. The van der Waals surface area contributed by atoms with Crippen LogP contribution >= 0.6 is 0 Å².